The van der Waals surface area contributed by atoms with E-state index in [1.165, 1.54) is 29.2 Å². The zero-order valence-corrected chi connectivity index (χ0v) is 40.2. The first kappa shape index (κ1) is 46.8. The maximum atomic E-state index is 15.4. The Morgan fingerprint density at radius 3 is 1.39 bits per heavy atom. The predicted octanol–water partition coefficient (Wildman–Crippen LogP) is 17.3. The molecule has 12 heteroatoms. The second-order valence-corrected chi connectivity index (χ2v) is 18.8. The number of halogens is 6. The van der Waals surface area contributed by atoms with Crippen LogP contribution in [0.15, 0.2) is 218 Å². The number of fused-ring (bicyclic) bond motifs is 7. The number of para-hydroxylation sites is 3. The Morgan fingerprint density at radius 2 is 0.818 bits per heavy atom. The summed E-state index contributed by atoms with van der Waals surface area (Å²) in [4.78, 5) is 31.4. The Bertz CT molecular complexity index is 4500. The van der Waals surface area contributed by atoms with Crippen molar-refractivity contribution in [2.45, 2.75) is 12.4 Å². The van der Waals surface area contributed by atoms with Crippen molar-refractivity contribution in [3.8, 4) is 62.0 Å². The highest BCUT2D eigenvalue weighted by Crippen LogP contribution is 2.47. The lowest BCUT2D eigenvalue weighted by Gasteiger charge is -2.20. The van der Waals surface area contributed by atoms with Crippen molar-refractivity contribution in [1.29, 1.82) is 5.26 Å². The van der Waals surface area contributed by atoms with Gasteiger partial charge in [-0.25, -0.2) is 4.90 Å². The average molecular weight is 1020 g/mol. The first-order chi connectivity index (χ1) is 37.3. The Hall–Kier alpha value is -9.99. The van der Waals surface area contributed by atoms with E-state index in [0.29, 0.717) is 88.5 Å². The largest absolute Gasteiger partial charge is 0.417 e. The minimum Gasteiger partial charge on any atom is -0.309 e. The third-order valence-corrected chi connectivity index (χ3v) is 14.6. The highest BCUT2D eigenvalue weighted by atomic mass is 19.4. The van der Waals surface area contributed by atoms with Crippen LogP contribution in [0.3, 0.4) is 0 Å². The van der Waals surface area contributed by atoms with E-state index >= 15 is 4.79 Å². The number of imide groups is 1. The fourth-order valence-electron chi connectivity index (χ4n) is 11.3. The SMILES string of the molecule is N#Cc1cc(-n2c3ccccc3c3cc(-c4ccccc4C(F)(F)F)ccc32)c(-c2cccc3c2C(=O)N(c2ccccc2-c2ccccc2)C3=O)cc1-n1c2ccccc2c2cc(-c3ccccc3C(F)(F)F)ccc21. The first-order valence-electron chi connectivity index (χ1n) is 24.5. The van der Waals surface area contributed by atoms with Crippen LogP contribution >= 0.6 is 0 Å². The molecule has 0 aliphatic carbocycles. The zero-order valence-electron chi connectivity index (χ0n) is 40.2. The van der Waals surface area contributed by atoms with Gasteiger partial charge in [0.15, 0.2) is 0 Å². The molecule has 3 heterocycles. The third kappa shape index (κ3) is 7.41. The van der Waals surface area contributed by atoms with Crippen LogP contribution in [0.25, 0.3) is 99.5 Å². The van der Waals surface area contributed by atoms with Gasteiger partial charge >= 0.3 is 12.4 Å². The van der Waals surface area contributed by atoms with Crippen molar-refractivity contribution in [3.05, 3.63) is 246 Å². The van der Waals surface area contributed by atoms with Crippen molar-refractivity contribution in [2.75, 3.05) is 4.90 Å². The van der Waals surface area contributed by atoms with Gasteiger partial charge in [-0.3, -0.25) is 9.59 Å². The van der Waals surface area contributed by atoms with Crippen molar-refractivity contribution in [1.82, 2.24) is 9.13 Å². The van der Waals surface area contributed by atoms with E-state index in [4.69, 9.17) is 0 Å². The lowest BCUT2D eigenvalue weighted by atomic mass is 9.93. The number of aromatic nitrogens is 2. The summed E-state index contributed by atoms with van der Waals surface area (Å²) in [6.45, 7) is 0. The molecule has 10 aromatic carbocycles. The molecule has 1 aliphatic heterocycles. The molecule has 0 unspecified atom stereocenters. The molecule has 0 fully saturated rings. The molecule has 370 valence electrons. The van der Waals surface area contributed by atoms with Crippen LogP contribution in [0.1, 0.15) is 37.4 Å². The molecule has 0 saturated carbocycles. The smallest absolute Gasteiger partial charge is 0.309 e. The summed E-state index contributed by atoms with van der Waals surface area (Å²) in [5.41, 5.74) is 5.35. The van der Waals surface area contributed by atoms with Crippen molar-refractivity contribution in [3.63, 3.8) is 0 Å². The number of benzene rings is 10. The van der Waals surface area contributed by atoms with Gasteiger partial charge in [-0.15, -0.1) is 0 Å². The minimum absolute atomic E-state index is 0.000169. The predicted molar refractivity (Wildman–Crippen MR) is 289 cm³/mol. The number of carbonyl (C=O) groups is 2. The van der Waals surface area contributed by atoms with Gasteiger partial charge in [0.2, 0.25) is 0 Å². The molecule has 2 amide bonds. The van der Waals surface area contributed by atoms with E-state index < -0.39 is 35.3 Å². The lowest BCUT2D eigenvalue weighted by molar-refractivity contribution is -0.137. The molecule has 0 spiro atoms. The number of hydrogen-bond donors (Lipinski definition) is 0. The standard InChI is InChI=1S/C65H36F6N4O2/c66-64(67,68)52-24-9-4-17-42(52)39-29-31-57-49(33-39)45-20-7-12-27-55(45)73(57)59-36-51(47-22-14-23-48-61(47)63(77)75(62(48)76)54-26-11-6-19-44(54)38-15-2-1-3-16-38)60(35-41(59)37-72)74-56-28-13-8-21-46(56)50-34-40(30-32-58(50)74)43-18-5-10-25-53(43)65(69,70)71/h1-36H. The molecule has 12 aromatic rings. The van der Waals surface area contributed by atoms with Crippen LogP contribution in [0.5, 0.6) is 0 Å². The van der Waals surface area contributed by atoms with Gasteiger partial charge in [0.1, 0.15) is 6.07 Å². The molecule has 0 bridgehead atoms. The van der Waals surface area contributed by atoms with Crippen LogP contribution in [0.2, 0.25) is 0 Å². The van der Waals surface area contributed by atoms with Gasteiger partial charge in [-0.1, -0.05) is 146 Å². The van der Waals surface area contributed by atoms with Crippen LogP contribution in [0, 0.1) is 11.3 Å². The fourth-order valence-corrected chi connectivity index (χ4v) is 11.3. The summed E-state index contributed by atoms with van der Waals surface area (Å²) in [6.07, 6.45) is -9.25. The molecular formula is C65H36F6N4O2. The molecule has 0 atom stereocenters. The fraction of sp³-hybridized carbons (Fsp3) is 0.0308. The van der Waals surface area contributed by atoms with E-state index in [1.807, 2.05) is 100 Å². The summed E-state index contributed by atoms with van der Waals surface area (Å²) in [5, 5.41) is 14.0. The monoisotopic (exact) mass is 1020 g/mol. The summed E-state index contributed by atoms with van der Waals surface area (Å²) in [6, 6.07) is 63.3. The number of nitrogens with zero attached hydrogens (tertiary/aromatic N) is 4. The number of carbonyl (C=O) groups excluding carboxylic acids is 2. The van der Waals surface area contributed by atoms with E-state index in [9.17, 15) is 36.4 Å². The number of amides is 2. The van der Waals surface area contributed by atoms with Crippen molar-refractivity contribution in [2.24, 2.45) is 0 Å². The van der Waals surface area contributed by atoms with E-state index in [0.717, 1.165) is 17.7 Å². The van der Waals surface area contributed by atoms with E-state index in [2.05, 4.69) is 6.07 Å². The number of nitriles is 1. The zero-order chi connectivity index (χ0) is 52.9. The van der Waals surface area contributed by atoms with E-state index in [-0.39, 0.29) is 27.8 Å². The highest BCUT2D eigenvalue weighted by Gasteiger charge is 2.41. The van der Waals surface area contributed by atoms with E-state index in [1.54, 1.807) is 91.0 Å². The lowest BCUT2D eigenvalue weighted by Crippen LogP contribution is -2.30. The Morgan fingerprint density at radius 1 is 0.351 bits per heavy atom. The molecular weight excluding hydrogens is 983 g/mol. The number of alkyl halides is 6. The van der Waals surface area contributed by atoms with Crippen LogP contribution in [0.4, 0.5) is 32.0 Å². The van der Waals surface area contributed by atoms with Gasteiger partial charge < -0.3 is 9.13 Å². The summed E-state index contributed by atoms with van der Waals surface area (Å²) < 4.78 is 90.6. The molecule has 13 rings (SSSR count). The second-order valence-electron chi connectivity index (χ2n) is 18.8. The van der Waals surface area contributed by atoms with Gasteiger partial charge in [-0.2, -0.15) is 31.6 Å². The second kappa shape index (κ2) is 17.6. The summed E-state index contributed by atoms with van der Waals surface area (Å²) in [5.74, 6) is -1.13. The Balaban J connectivity index is 1.09. The molecule has 0 radical (unpaired) electrons. The van der Waals surface area contributed by atoms with Crippen LogP contribution in [-0.2, 0) is 12.4 Å². The van der Waals surface area contributed by atoms with Crippen LogP contribution in [-0.4, -0.2) is 20.9 Å². The third-order valence-electron chi connectivity index (χ3n) is 14.6. The average Bonchev–Trinajstić information content (AvgIpc) is 4.25. The quantitative estimate of drug-likeness (QED) is 0.118. The maximum absolute atomic E-state index is 15.4. The van der Waals surface area contributed by atoms with Gasteiger partial charge in [0.05, 0.1) is 66.9 Å². The molecule has 77 heavy (non-hydrogen) atoms. The Kier molecular flexibility index (Phi) is 10.7. The summed E-state index contributed by atoms with van der Waals surface area (Å²) >= 11 is 0. The Labute approximate surface area is 435 Å². The van der Waals surface area contributed by atoms with Crippen molar-refractivity contribution < 1.29 is 35.9 Å². The normalized spacial score (nSPS) is 12.8. The molecule has 6 nitrogen and oxygen atoms in total. The maximum Gasteiger partial charge on any atom is 0.417 e. The summed E-state index contributed by atoms with van der Waals surface area (Å²) in [7, 11) is 0. The first-order valence-corrected chi connectivity index (χ1v) is 24.5. The number of anilines is 1. The molecule has 0 N–H and O–H groups in total. The number of rotatable bonds is 7. The topological polar surface area (TPSA) is 71.0 Å². The number of hydrogen-bond acceptors (Lipinski definition) is 3. The van der Waals surface area contributed by atoms with Crippen molar-refractivity contribution >= 4 is 61.1 Å². The van der Waals surface area contributed by atoms with Gasteiger partial charge in [0, 0.05) is 32.7 Å². The highest BCUT2D eigenvalue weighted by molar-refractivity contribution is 6.37. The van der Waals surface area contributed by atoms with Gasteiger partial charge in [-0.05, 0) is 106 Å². The molecule has 2 aromatic heterocycles. The van der Waals surface area contributed by atoms with Gasteiger partial charge in [0.25, 0.3) is 11.8 Å². The minimum atomic E-state index is -4.63. The van der Waals surface area contributed by atoms with Crippen LogP contribution < -0.4 is 4.90 Å². The molecule has 0 saturated heterocycles. The molecule has 1 aliphatic rings.